The van der Waals surface area contributed by atoms with Crippen LogP contribution in [0.5, 0.6) is 0 Å². The van der Waals surface area contributed by atoms with E-state index in [0.29, 0.717) is 18.9 Å². The molecule has 0 saturated heterocycles. The van der Waals surface area contributed by atoms with Gasteiger partial charge in [0.25, 0.3) is 10.2 Å². The van der Waals surface area contributed by atoms with E-state index >= 15 is 0 Å². The average molecular weight is 262 g/mol. The van der Waals surface area contributed by atoms with Crippen molar-refractivity contribution >= 4 is 10.2 Å². The Labute approximate surface area is 101 Å². The molecule has 1 atom stereocenters. The quantitative estimate of drug-likeness (QED) is 0.811. The molecule has 0 aromatic carbocycles. The fourth-order valence-corrected chi connectivity index (χ4v) is 2.78. The van der Waals surface area contributed by atoms with Crippen molar-refractivity contribution in [2.24, 2.45) is 0 Å². The third kappa shape index (κ3) is 3.48. The van der Waals surface area contributed by atoms with E-state index in [-0.39, 0.29) is 5.89 Å². The van der Waals surface area contributed by atoms with Crippen LogP contribution < -0.4 is 4.72 Å². The molecule has 0 fully saturated rings. The molecule has 0 bridgehead atoms. The van der Waals surface area contributed by atoms with Crippen LogP contribution in [0.25, 0.3) is 0 Å². The van der Waals surface area contributed by atoms with E-state index in [1.165, 1.54) is 4.31 Å². The van der Waals surface area contributed by atoms with Crippen LogP contribution in [-0.4, -0.2) is 36.0 Å². The van der Waals surface area contributed by atoms with Gasteiger partial charge in [-0.25, -0.2) is 0 Å². The number of nitrogens with one attached hydrogen (secondary N) is 1. The molecule has 0 spiro atoms. The fourth-order valence-electron chi connectivity index (χ4n) is 1.40. The Morgan fingerprint density at radius 1 is 1.41 bits per heavy atom. The van der Waals surface area contributed by atoms with Crippen LogP contribution in [0.3, 0.4) is 0 Å². The predicted molar refractivity (Wildman–Crippen MR) is 62.4 cm³/mol. The van der Waals surface area contributed by atoms with Gasteiger partial charge in [-0.2, -0.15) is 22.4 Å². The summed E-state index contributed by atoms with van der Waals surface area (Å²) in [5.41, 5.74) is 0. The van der Waals surface area contributed by atoms with Crippen LogP contribution in [0.4, 0.5) is 0 Å². The number of hydrogen-bond acceptors (Lipinski definition) is 5. The zero-order valence-corrected chi connectivity index (χ0v) is 11.3. The van der Waals surface area contributed by atoms with Crippen LogP contribution in [0, 0.1) is 6.92 Å². The maximum absolute atomic E-state index is 11.9. The van der Waals surface area contributed by atoms with Crippen LogP contribution in [-0.2, 0) is 10.2 Å². The molecule has 7 nitrogen and oxygen atoms in total. The van der Waals surface area contributed by atoms with Crippen molar-refractivity contribution in [3.05, 3.63) is 11.7 Å². The van der Waals surface area contributed by atoms with E-state index in [2.05, 4.69) is 14.9 Å². The molecular weight excluding hydrogens is 244 g/mol. The van der Waals surface area contributed by atoms with E-state index in [4.69, 9.17) is 4.52 Å². The monoisotopic (exact) mass is 262 g/mol. The molecule has 17 heavy (non-hydrogen) atoms. The highest BCUT2D eigenvalue weighted by atomic mass is 32.2. The van der Waals surface area contributed by atoms with Crippen molar-refractivity contribution in [2.45, 2.75) is 33.7 Å². The molecule has 98 valence electrons. The summed E-state index contributed by atoms with van der Waals surface area (Å²) < 4.78 is 32.5. The van der Waals surface area contributed by atoms with Gasteiger partial charge in [0.2, 0.25) is 5.89 Å². The first-order valence-corrected chi connectivity index (χ1v) is 6.92. The summed E-state index contributed by atoms with van der Waals surface area (Å²) in [4.78, 5) is 3.98. The lowest BCUT2D eigenvalue weighted by molar-refractivity contribution is 0.345. The second-order valence-electron chi connectivity index (χ2n) is 3.61. The first-order valence-electron chi connectivity index (χ1n) is 5.48. The van der Waals surface area contributed by atoms with Crippen molar-refractivity contribution < 1.29 is 12.9 Å². The normalized spacial score (nSPS) is 14.2. The zero-order valence-electron chi connectivity index (χ0n) is 10.5. The largest absolute Gasteiger partial charge is 0.338 e. The van der Waals surface area contributed by atoms with E-state index in [0.717, 1.165) is 0 Å². The molecule has 1 heterocycles. The van der Waals surface area contributed by atoms with Gasteiger partial charge in [-0.15, -0.1) is 0 Å². The minimum atomic E-state index is -3.51. The van der Waals surface area contributed by atoms with Crippen molar-refractivity contribution in [1.82, 2.24) is 19.2 Å². The summed E-state index contributed by atoms with van der Waals surface area (Å²) >= 11 is 0. The molecule has 1 unspecified atom stereocenters. The lowest BCUT2D eigenvalue weighted by Crippen LogP contribution is -2.41. The Kier molecular flexibility index (Phi) is 4.61. The van der Waals surface area contributed by atoms with Crippen LogP contribution in [0.15, 0.2) is 4.52 Å². The van der Waals surface area contributed by atoms with Gasteiger partial charge in [-0.05, 0) is 13.8 Å². The molecule has 1 aromatic heterocycles. The Morgan fingerprint density at radius 3 is 2.41 bits per heavy atom. The summed E-state index contributed by atoms with van der Waals surface area (Å²) in [5.74, 6) is 0.743. The number of nitrogens with zero attached hydrogens (tertiary/aromatic N) is 3. The Hall–Kier alpha value is -0.990. The number of rotatable bonds is 6. The van der Waals surface area contributed by atoms with Gasteiger partial charge in [0.05, 0.1) is 6.04 Å². The second kappa shape index (κ2) is 5.56. The molecule has 0 saturated carbocycles. The van der Waals surface area contributed by atoms with Crippen LogP contribution in [0.2, 0.25) is 0 Å². The van der Waals surface area contributed by atoms with Gasteiger partial charge in [0.15, 0.2) is 5.82 Å². The van der Waals surface area contributed by atoms with Crippen molar-refractivity contribution in [3.8, 4) is 0 Å². The van der Waals surface area contributed by atoms with E-state index in [1.807, 2.05) is 0 Å². The smallest absolute Gasteiger partial charge is 0.280 e. The van der Waals surface area contributed by atoms with Crippen molar-refractivity contribution in [3.63, 3.8) is 0 Å². The molecule has 1 rings (SSSR count). The van der Waals surface area contributed by atoms with Gasteiger partial charge in [0.1, 0.15) is 0 Å². The third-order valence-electron chi connectivity index (χ3n) is 2.28. The van der Waals surface area contributed by atoms with E-state index < -0.39 is 16.3 Å². The van der Waals surface area contributed by atoms with Crippen LogP contribution >= 0.6 is 0 Å². The minimum absolute atomic E-state index is 0.262. The number of aromatic nitrogens is 2. The first-order chi connectivity index (χ1) is 7.90. The molecule has 8 heteroatoms. The van der Waals surface area contributed by atoms with Crippen LogP contribution in [0.1, 0.15) is 38.5 Å². The Balaban J connectivity index is 2.77. The lowest BCUT2D eigenvalue weighted by Gasteiger charge is -2.20. The maximum atomic E-state index is 11.9. The molecular formula is C9H18N4O3S. The minimum Gasteiger partial charge on any atom is -0.338 e. The summed E-state index contributed by atoms with van der Waals surface area (Å²) in [5, 5.41) is 3.62. The highest BCUT2D eigenvalue weighted by Gasteiger charge is 2.24. The molecule has 0 aliphatic rings. The number of hydrogen-bond donors (Lipinski definition) is 1. The van der Waals surface area contributed by atoms with Gasteiger partial charge in [-0.1, -0.05) is 19.0 Å². The molecule has 1 aromatic rings. The summed E-state index contributed by atoms with van der Waals surface area (Å²) in [6.07, 6.45) is 0. The topological polar surface area (TPSA) is 88.3 Å². The van der Waals surface area contributed by atoms with Gasteiger partial charge in [0, 0.05) is 13.1 Å². The summed E-state index contributed by atoms with van der Waals surface area (Å²) in [6, 6.07) is -0.540. The molecule has 0 aliphatic carbocycles. The average Bonchev–Trinajstić information content (AvgIpc) is 2.65. The zero-order chi connectivity index (χ0) is 13.1. The molecule has 0 amide bonds. The van der Waals surface area contributed by atoms with Gasteiger partial charge in [-0.3, -0.25) is 0 Å². The highest BCUT2D eigenvalue weighted by Crippen LogP contribution is 2.11. The van der Waals surface area contributed by atoms with E-state index in [1.54, 1.807) is 27.7 Å². The lowest BCUT2D eigenvalue weighted by atomic mass is 10.4. The highest BCUT2D eigenvalue weighted by molar-refractivity contribution is 7.87. The number of aryl methyl sites for hydroxylation is 1. The first kappa shape index (κ1) is 14.1. The standard InChI is InChI=1S/C9H18N4O3S/c1-5-13(6-2)17(14,15)12-7(3)9-10-8(4)11-16-9/h7,12H,5-6H2,1-4H3. The van der Waals surface area contributed by atoms with Gasteiger partial charge < -0.3 is 4.52 Å². The van der Waals surface area contributed by atoms with Crippen molar-refractivity contribution in [1.29, 1.82) is 0 Å². The Morgan fingerprint density at radius 2 is 2.00 bits per heavy atom. The molecule has 1 N–H and O–H groups in total. The van der Waals surface area contributed by atoms with E-state index in [9.17, 15) is 8.42 Å². The van der Waals surface area contributed by atoms with Gasteiger partial charge >= 0.3 is 0 Å². The predicted octanol–water partition coefficient (Wildman–Crippen LogP) is 0.615. The second-order valence-corrected chi connectivity index (χ2v) is 5.31. The molecule has 0 radical (unpaired) electrons. The Bertz CT molecular complexity index is 453. The van der Waals surface area contributed by atoms with Crippen molar-refractivity contribution in [2.75, 3.05) is 13.1 Å². The molecule has 0 aliphatic heterocycles. The maximum Gasteiger partial charge on any atom is 0.280 e. The summed E-state index contributed by atoms with van der Waals surface area (Å²) in [7, 11) is -3.51. The fraction of sp³-hybridized carbons (Fsp3) is 0.778. The third-order valence-corrected chi connectivity index (χ3v) is 4.13. The summed E-state index contributed by atoms with van der Waals surface area (Å²) in [6.45, 7) is 7.74. The SMILES string of the molecule is CCN(CC)S(=O)(=O)NC(C)c1nc(C)no1.